The van der Waals surface area contributed by atoms with E-state index in [1.807, 2.05) is 13.8 Å². The van der Waals surface area contributed by atoms with E-state index >= 15 is 0 Å². The van der Waals surface area contributed by atoms with Gasteiger partial charge in [0.2, 0.25) is 6.41 Å². The summed E-state index contributed by atoms with van der Waals surface area (Å²) in [6.45, 7) is 11.9. The molecule has 150 valence electrons. The van der Waals surface area contributed by atoms with Crippen LogP contribution in [0.1, 0.15) is 75.2 Å². The molecule has 1 aromatic heterocycles. The molecule has 0 saturated heterocycles. The van der Waals surface area contributed by atoms with Crippen molar-refractivity contribution in [1.82, 2.24) is 0 Å². The van der Waals surface area contributed by atoms with Gasteiger partial charge in [-0.3, -0.25) is 14.4 Å². The standard InChI is InChI=1S/C10H12N2O2S.C4H10.C3H6O2.C2H6/c11-9(14)8-6-3-1-2-4-7(6)15-10(8)12-5-13;1-4(2)3;1-3(4)5-2;1-2/h5H,1-4H2,(H2,11,14)(H,12,13);4H,1-3H3;1-2H3;1-2H3. The molecule has 0 spiro atoms. The topological polar surface area (TPSA) is 98.5 Å². The van der Waals surface area contributed by atoms with Gasteiger partial charge in [-0.2, -0.15) is 0 Å². The average molecular weight is 387 g/mol. The number of aryl methyl sites for hydroxylation is 1. The van der Waals surface area contributed by atoms with Crippen LogP contribution in [0.25, 0.3) is 0 Å². The summed E-state index contributed by atoms with van der Waals surface area (Å²) in [7, 11) is 1.35. The molecule has 0 saturated carbocycles. The first-order chi connectivity index (χ1) is 12.2. The van der Waals surface area contributed by atoms with E-state index in [1.165, 1.54) is 30.2 Å². The van der Waals surface area contributed by atoms with E-state index in [0.717, 1.165) is 37.2 Å². The second kappa shape index (κ2) is 15.4. The summed E-state index contributed by atoms with van der Waals surface area (Å²) in [5, 5.41) is 3.15. The van der Waals surface area contributed by atoms with Crippen molar-refractivity contribution in [1.29, 1.82) is 0 Å². The van der Waals surface area contributed by atoms with Gasteiger partial charge in [0.05, 0.1) is 12.7 Å². The van der Waals surface area contributed by atoms with Crippen LogP contribution in [0, 0.1) is 5.92 Å². The zero-order chi connectivity index (χ0) is 20.7. The van der Waals surface area contributed by atoms with Crippen LogP contribution >= 0.6 is 11.3 Å². The third-order valence-electron chi connectivity index (χ3n) is 2.90. The molecule has 2 amide bonds. The Balaban J connectivity index is 0. The number of carbonyl (C=O) groups is 3. The van der Waals surface area contributed by atoms with Gasteiger partial charge in [0.15, 0.2) is 0 Å². The molecule has 0 radical (unpaired) electrons. The Morgan fingerprint density at radius 2 is 1.65 bits per heavy atom. The van der Waals surface area contributed by atoms with Gasteiger partial charge in [-0.1, -0.05) is 34.6 Å². The maximum Gasteiger partial charge on any atom is 0.302 e. The quantitative estimate of drug-likeness (QED) is 0.602. The molecular formula is C19H34N2O4S. The van der Waals surface area contributed by atoms with Gasteiger partial charge in [-0.05, 0) is 37.2 Å². The summed E-state index contributed by atoms with van der Waals surface area (Å²) < 4.78 is 4.11. The van der Waals surface area contributed by atoms with Crippen molar-refractivity contribution in [3.63, 3.8) is 0 Å². The van der Waals surface area contributed by atoms with Crippen molar-refractivity contribution < 1.29 is 19.1 Å². The van der Waals surface area contributed by atoms with Crippen LogP contribution in [0.2, 0.25) is 0 Å². The Labute approximate surface area is 161 Å². The zero-order valence-electron chi connectivity index (χ0n) is 17.1. The molecule has 0 atom stereocenters. The Kier molecular flexibility index (Phi) is 15.6. The van der Waals surface area contributed by atoms with Crippen molar-refractivity contribution in [2.24, 2.45) is 11.7 Å². The Bertz CT molecular complexity index is 551. The Morgan fingerprint density at radius 3 is 2.04 bits per heavy atom. The number of methoxy groups -OCH3 is 1. The lowest BCUT2D eigenvalue weighted by Crippen LogP contribution is -2.15. The highest BCUT2D eigenvalue weighted by Crippen LogP contribution is 2.37. The van der Waals surface area contributed by atoms with Gasteiger partial charge in [0.25, 0.3) is 5.91 Å². The number of primary amides is 1. The predicted octanol–water partition coefficient (Wildman–Crippen LogP) is 4.16. The van der Waals surface area contributed by atoms with Crippen LogP contribution in [0.4, 0.5) is 5.00 Å². The van der Waals surface area contributed by atoms with Crippen LogP contribution in [-0.4, -0.2) is 25.4 Å². The number of fused-ring (bicyclic) bond motifs is 1. The first-order valence-electron chi connectivity index (χ1n) is 8.93. The minimum atomic E-state index is -0.446. The lowest BCUT2D eigenvalue weighted by Gasteiger charge is -2.10. The number of nitrogens with two attached hydrogens (primary N) is 1. The van der Waals surface area contributed by atoms with Gasteiger partial charge in [-0.25, -0.2) is 0 Å². The number of hydrogen-bond acceptors (Lipinski definition) is 5. The summed E-state index contributed by atoms with van der Waals surface area (Å²) >= 11 is 1.47. The highest BCUT2D eigenvalue weighted by molar-refractivity contribution is 7.16. The number of esters is 1. The average Bonchev–Trinajstić information content (AvgIpc) is 2.95. The van der Waals surface area contributed by atoms with E-state index in [0.29, 0.717) is 17.0 Å². The van der Waals surface area contributed by atoms with Gasteiger partial charge >= 0.3 is 5.97 Å². The molecule has 0 aliphatic heterocycles. The molecule has 1 aliphatic carbocycles. The Morgan fingerprint density at radius 1 is 1.19 bits per heavy atom. The highest BCUT2D eigenvalue weighted by Gasteiger charge is 2.23. The lowest BCUT2D eigenvalue weighted by atomic mass is 9.95. The molecule has 2 rings (SSSR count). The van der Waals surface area contributed by atoms with Gasteiger partial charge < -0.3 is 15.8 Å². The molecule has 6 nitrogen and oxygen atoms in total. The number of nitrogens with one attached hydrogen (secondary N) is 1. The molecule has 0 bridgehead atoms. The summed E-state index contributed by atoms with van der Waals surface area (Å²) in [5.74, 6) is 0.142. The van der Waals surface area contributed by atoms with Crippen LogP contribution < -0.4 is 11.1 Å². The fraction of sp³-hybridized carbons (Fsp3) is 0.632. The number of rotatable bonds is 3. The summed E-state index contributed by atoms with van der Waals surface area (Å²) in [4.78, 5) is 32.5. The van der Waals surface area contributed by atoms with Crippen molar-refractivity contribution >= 4 is 34.6 Å². The maximum absolute atomic E-state index is 11.3. The van der Waals surface area contributed by atoms with Crippen molar-refractivity contribution in [2.45, 2.75) is 67.2 Å². The van der Waals surface area contributed by atoms with Gasteiger partial charge in [0, 0.05) is 11.8 Å². The zero-order valence-corrected chi connectivity index (χ0v) is 17.9. The molecule has 0 aromatic carbocycles. The van der Waals surface area contributed by atoms with E-state index in [2.05, 4.69) is 30.8 Å². The molecule has 1 aliphatic rings. The largest absolute Gasteiger partial charge is 0.469 e. The van der Waals surface area contributed by atoms with Gasteiger partial charge in [-0.15, -0.1) is 11.3 Å². The number of hydrogen-bond donors (Lipinski definition) is 2. The fourth-order valence-electron chi connectivity index (χ4n) is 1.98. The number of carbonyl (C=O) groups excluding carboxylic acids is 3. The van der Waals surface area contributed by atoms with Crippen molar-refractivity contribution in [3.05, 3.63) is 16.0 Å². The molecular weight excluding hydrogens is 352 g/mol. The summed E-state index contributed by atoms with van der Waals surface area (Å²) in [6, 6.07) is 0. The number of amides is 2. The van der Waals surface area contributed by atoms with Crippen molar-refractivity contribution in [2.75, 3.05) is 12.4 Å². The summed E-state index contributed by atoms with van der Waals surface area (Å²) in [5.41, 5.74) is 6.89. The molecule has 0 unspecified atom stereocenters. The molecule has 26 heavy (non-hydrogen) atoms. The lowest BCUT2D eigenvalue weighted by molar-refractivity contribution is -0.137. The van der Waals surface area contributed by atoms with E-state index in [4.69, 9.17) is 5.73 Å². The third-order valence-corrected chi connectivity index (χ3v) is 4.12. The monoisotopic (exact) mass is 386 g/mol. The minimum Gasteiger partial charge on any atom is -0.469 e. The Hall–Kier alpha value is -1.89. The second-order valence-electron chi connectivity index (χ2n) is 5.97. The van der Waals surface area contributed by atoms with Crippen molar-refractivity contribution in [3.8, 4) is 0 Å². The summed E-state index contributed by atoms with van der Waals surface area (Å²) in [6.07, 6.45) is 4.70. The first-order valence-corrected chi connectivity index (χ1v) is 9.75. The van der Waals surface area contributed by atoms with E-state index in [-0.39, 0.29) is 5.97 Å². The highest BCUT2D eigenvalue weighted by atomic mass is 32.1. The van der Waals surface area contributed by atoms with E-state index in [1.54, 1.807) is 0 Å². The second-order valence-corrected chi connectivity index (χ2v) is 7.07. The fourth-order valence-corrected chi connectivity index (χ4v) is 3.23. The minimum absolute atomic E-state index is 0.245. The molecule has 1 heterocycles. The predicted molar refractivity (Wildman–Crippen MR) is 109 cm³/mol. The molecule has 7 heteroatoms. The van der Waals surface area contributed by atoms with E-state index < -0.39 is 5.91 Å². The van der Waals surface area contributed by atoms with Crippen LogP contribution in [0.5, 0.6) is 0 Å². The number of ether oxygens (including phenoxy) is 1. The molecule has 0 fully saturated rings. The van der Waals surface area contributed by atoms with Gasteiger partial charge in [0.1, 0.15) is 5.00 Å². The first kappa shape index (κ1) is 26.3. The normalized spacial score (nSPS) is 11.2. The molecule has 1 aromatic rings. The number of thiophene rings is 1. The van der Waals surface area contributed by atoms with Crippen LogP contribution in [0.15, 0.2) is 0 Å². The smallest absolute Gasteiger partial charge is 0.302 e. The van der Waals surface area contributed by atoms with Crippen LogP contribution in [0.3, 0.4) is 0 Å². The number of anilines is 1. The SMILES string of the molecule is CC.CC(C)C.COC(C)=O.NC(=O)c1c(NC=O)sc2c1CCCC2. The van der Waals surface area contributed by atoms with E-state index in [9.17, 15) is 14.4 Å². The molecule has 3 N–H and O–H groups in total. The third kappa shape index (κ3) is 10.9. The maximum atomic E-state index is 11.3. The van der Waals surface area contributed by atoms with Crippen LogP contribution in [-0.2, 0) is 27.2 Å².